The van der Waals surface area contributed by atoms with Gasteiger partial charge in [0, 0.05) is 13.1 Å². The molecule has 0 aliphatic rings. The Balaban J connectivity index is 2.75. The summed E-state index contributed by atoms with van der Waals surface area (Å²) in [6.45, 7) is 2.96. The summed E-state index contributed by atoms with van der Waals surface area (Å²) in [6, 6.07) is 3.70. The van der Waals surface area contributed by atoms with Crippen LogP contribution >= 0.6 is 23.2 Å². The molecule has 1 aromatic carbocycles. The number of rotatable bonds is 5. The molecule has 20 heavy (non-hydrogen) atoms. The van der Waals surface area contributed by atoms with Crippen LogP contribution < -0.4 is 4.74 Å². The van der Waals surface area contributed by atoms with Crippen LogP contribution in [0.4, 0.5) is 0 Å². The van der Waals surface area contributed by atoms with Crippen LogP contribution in [0, 0.1) is 0 Å². The van der Waals surface area contributed by atoms with Gasteiger partial charge in [0.25, 0.3) is 5.91 Å². The Morgan fingerprint density at radius 1 is 1.25 bits per heavy atom. The molecule has 0 bridgehead atoms. The van der Waals surface area contributed by atoms with Gasteiger partial charge in [0.05, 0.1) is 10.0 Å². The van der Waals surface area contributed by atoms with Crippen molar-refractivity contribution in [3.8, 4) is 5.75 Å². The van der Waals surface area contributed by atoms with Gasteiger partial charge in [-0.05, 0) is 26.0 Å². The summed E-state index contributed by atoms with van der Waals surface area (Å²) in [4.78, 5) is 24.0. The van der Waals surface area contributed by atoms with E-state index in [-0.39, 0.29) is 0 Å². The molecule has 0 heterocycles. The van der Waals surface area contributed by atoms with E-state index >= 15 is 0 Å². The summed E-state index contributed by atoms with van der Waals surface area (Å²) in [6.07, 6.45) is -0.834. The minimum Gasteiger partial charge on any atom is -0.481 e. The zero-order chi connectivity index (χ0) is 15.4. The van der Waals surface area contributed by atoms with Crippen LogP contribution in [0.5, 0.6) is 5.75 Å². The number of carboxylic acid groups (broad SMARTS) is 1. The number of nitrogens with zero attached hydrogens (tertiary/aromatic N) is 1. The van der Waals surface area contributed by atoms with Crippen molar-refractivity contribution in [3.05, 3.63) is 28.2 Å². The van der Waals surface area contributed by atoms with Crippen molar-refractivity contribution in [3.63, 3.8) is 0 Å². The number of halogens is 2. The molecule has 1 aromatic rings. The number of likely N-dealkylation sites (N-methyl/N-ethyl adjacent to an activating group) is 1. The Morgan fingerprint density at radius 3 is 2.35 bits per heavy atom. The highest BCUT2D eigenvalue weighted by Gasteiger charge is 2.26. The van der Waals surface area contributed by atoms with Crippen molar-refractivity contribution in [2.45, 2.75) is 26.0 Å². The number of carbonyl (C=O) groups is 2. The summed E-state index contributed by atoms with van der Waals surface area (Å²) in [5, 5.41) is 9.57. The van der Waals surface area contributed by atoms with Gasteiger partial charge >= 0.3 is 5.97 Å². The number of carboxylic acids is 1. The lowest BCUT2D eigenvalue weighted by molar-refractivity contribution is -0.150. The van der Waals surface area contributed by atoms with Crippen molar-refractivity contribution in [1.29, 1.82) is 0 Å². The summed E-state index contributed by atoms with van der Waals surface area (Å²) in [5.74, 6) is -1.13. The van der Waals surface area contributed by atoms with Crippen LogP contribution in [0.25, 0.3) is 0 Å². The molecule has 0 aliphatic heterocycles. The Bertz CT molecular complexity index is 521. The number of aliphatic carboxylic acids is 1. The van der Waals surface area contributed by atoms with Crippen LogP contribution in [-0.2, 0) is 9.59 Å². The van der Waals surface area contributed by atoms with Crippen molar-refractivity contribution in [2.75, 3.05) is 7.05 Å². The lowest BCUT2D eigenvalue weighted by Crippen LogP contribution is -2.46. The van der Waals surface area contributed by atoms with Gasteiger partial charge in [-0.1, -0.05) is 23.2 Å². The van der Waals surface area contributed by atoms with Gasteiger partial charge in [0.15, 0.2) is 6.10 Å². The van der Waals surface area contributed by atoms with Gasteiger partial charge in [-0.3, -0.25) is 4.79 Å². The molecule has 1 amide bonds. The molecule has 2 unspecified atom stereocenters. The first kappa shape index (κ1) is 16.6. The second-order valence-corrected chi connectivity index (χ2v) is 5.11. The third-order valence-corrected chi connectivity index (χ3v) is 3.58. The van der Waals surface area contributed by atoms with Gasteiger partial charge in [-0.15, -0.1) is 0 Å². The van der Waals surface area contributed by atoms with Crippen molar-refractivity contribution in [1.82, 2.24) is 4.90 Å². The van der Waals surface area contributed by atoms with E-state index in [9.17, 15) is 9.59 Å². The van der Waals surface area contributed by atoms with E-state index in [0.717, 1.165) is 4.90 Å². The molecule has 1 rings (SSSR count). The molecule has 0 fully saturated rings. The van der Waals surface area contributed by atoms with Gasteiger partial charge in [0.2, 0.25) is 0 Å². The van der Waals surface area contributed by atoms with Crippen molar-refractivity contribution < 1.29 is 19.4 Å². The summed E-state index contributed by atoms with van der Waals surface area (Å²) in [7, 11) is 1.41. The van der Waals surface area contributed by atoms with Crippen LogP contribution in [0.1, 0.15) is 13.8 Å². The molecule has 5 nitrogen and oxygen atoms in total. The second kappa shape index (κ2) is 6.81. The SMILES string of the molecule is CC(Oc1ccc(Cl)c(Cl)c1)C(=O)N(C)C(C)C(=O)O. The minimum atomic E-state index is -1.08. The number of hydrogen-bond acceptors (Lipinski definition) is 3. The third kappa shape index (κ3) is 4.02. The van der Waals surface area contributed by atoms with Crippen LogP contribution in [-0.4, -0.2) is 41.1 Å². The summed E-state index contributed by atoms with van der Waals surface area (Å²) < 4.78 is 5.44. The van der Waals surface area contributed by atoms with Crippen molar-refractivity contribution in [2.24, 2.45) is 0 Å². The van der Waals surface area contributed by atoms with E-state index in [4.69, 9.17) is 33.0 Å². The van der Waals surface area contributed by atoms with Gasteiger partial charge < -0.3 is 14.7 Å². The van der Waals surface area contributed by atoms with Crippen molar-refractivity contribution >= 4 is 35.1 Å². The fourth-order valence-corrected chi connectivity index (χ4v) is 1.74. The Labute approximate surface area is 127 Å². The first-order chi connectivity index (χ1) is 9.23. The number of ether oxygens (including phenoxy) is 1. The van der Waals surface area contributed by atoms with Gasteiger partial charge in [0.1, 0.15) is 11.8 Å². The molecular weight excluding hydrogens is 305 g/mol. The monoisotopic (exact) mass is 319 g/mol. The first-order valence-electron chi connectivity index (χ1n) is 5.85. The predicted molar refractivity (Wildman–Crippen MR) is 76.4 cm³/mol. The molecule has 7 heteroatoms. The Morgan fingerprint density at radius 2 is 1.85 bits per heavy atom. The maximum Gasteiger partial charge on any atom is 0.326 e. The van der Waals surface area contributed by atoms with Gasteiger partial charge in [-0.25, -0.2) is 4.79 Å². The van der Waals surface area contributed by atoms with E-state index in [1.54, 1.807) is 12.1 Å². The fraction of sp³-hybridized carbons (Fsp3) is 0.385. The summed E-state index contributed by atoms with van der Waals surface area (Å²) in [5.41, 5.74) is 0. The number of hydrogen-bond donors (Lipinski definition) is 1. The predicted octanol–water partition coefficient (Wildman–Crippen LogP) is 2.69. The smallest absolute Gasteiger partial charge is 0.326 e. The van der Waals surface area contributed by atoms with E-state index in [1.165, 1.54) is 27.0 Å². The lowest BCUT2D eigenvalue weighted by Gasteiger charge is -2.25. The molecule has 0 aliphatic carbocycles. The molecule has 0 saturated heterocycles. The van der Waals surface area contributed by atoms with E-state index in [0.29, 0.717) is 15.8 Å². The van der Waals surface area contributed by atoms with E-state index < -0.39 is 24.0 Å². The van der Waals surface area contributed by atoms with Crippen LogP contribution in [0.2, 0.25) is 10.0 Å². The fourth-order valence-electron chi connectivity index (χ4n) is 1.45. The average molecular weight is 320 g/mol. The van der Waals surface area contributed by atoms with E-state index in [2.05, 4.69) is 0 Å². The molecule has 0 spiro atoms. The lowest BCUT2D eigenvalue weighted by atomic mass is 10.2. The highest BCUT2D eigenvalue weighted by atomic mass is 35.5. The topological polar surface area (TPSA) is 66.8 Å². The zero-order valence-electron chi connectivity index (χ0n) is 11.3. The Hall–Kier alpha value is -1.46. The highest BCUT2D eigenvalue weighted by Crippen LogP contribution is 2.27. The minimum absolute atomic E-state index is 0.316. The highest BCUT2D eigenvalue weighted by molar-refractivity contribution is 6.42. The van der Waals surface area contributed by atoms with E-state index in [1.807, 2.05) is 0 Å². The maximum absolute atomic E-state index is 12.0. The standard InChI is InChI=1S/C13H15Cl2NO4/c1-7(13(18)19)16(3)12(17)8(2)20-9-4-5-10(14)11(15)6-9/h4-8H,1-3H3,(H,18,19). The van der Waals surface area contributed by atoms with Crippen LogP contribution in [0.3, 0.4) is 0 Å². The maximum atomic E-state index is 12.0. The number of carbonyl (C=O) groups excluding carboxylic acids is 1. The number of benzene rings is 1. The molecule has 0 aromatic heterocycles. The quantitative estimate of drug-likeness (QED) is 0.906. The van der Waals surface area contributed by atoms with Gasteiger partial charge in [-0.2, -0.15) is 0 Å². The second-order valence-electron chi connectivity index (χ2n) is 4.30. The molecule has 2 atom stereocenters. The Kier molecular flexibility index (Phi) is 5.65. The first-order valence-corrected chi connectivity index (χ1v) is 6.60. The third-order valence-electron chi connectivity index (χ3n) is 2.84. The average Bonchev–Trinajstić information content (AvgIpc) is 2.40. The molecular formula is C13H15Cl2NO4. The largest absolute Gasteiger partial charge is 0.481 e. The molecule has 0 radical (unpaired) electrons. The summed E-state index contributed by atoms with van der Waals surface area (Å²) >= 11 is 11.6. The molecule has 110 valence electrons. The number of amides is 1. The molecule has 1 N–H and O–H groups in total. The molecule has 0 saturated carbocycles. The normalized spacial score (nSPS) is 13.4. The van der Waals surface area contributed by atoms with Crippen LogP contribution in [0.15, 0.2) is 18.2 Å². The zero-order valence-corrected chi connectivity index (χ0v) is 12.8.